The van der Waals surface area contributed by atoms with Crippen LogP contribution in [0.15, 0.2) is 91.0 Å². The van der Waals surface area contributed by atoms with Gasteiger partial charge in [0, 0.05) is 13.1 Å². The molecule has 0 saturated carbocycles. The van der Waals surface area contributed by atoms with Crippen molar-refractivity contribution in [2.24, 2.45) is 0 Å². The minimum absolute atomic E-state index is 0.329. The zero-order chi connectivity index (χ0) is 17.0. The highest BCUT2D eigenvalue weighted by Gasteiger charge is 2.42. The van der Waals surface area contributed by atoms with Crippen LogP contribution in [0.3, 0.4) is 0 Å². The van der Waals surface area contributed by atoms with Gasteiger partial charge in [-0.2, -0.15) is 0 Å². The summed E-state index contributed by atoms with van der Waals surface area (Å²) in [7, 11) is 0. The highest BCUT2D eigenvalue weighted by atomic mass is 16.5. The topological polar surface area (TPSA) is 12.5 Å². The summed E-state index contributed by atoms with van der Waals surface area (Å²) in [5.41, 5.74) is 3.51. The second-order valence-electron chi connectivity index (χ2n) is 6.29. The number of ether oxygens (including phenoxy) is 1. The molecule has 0 bridgehead atoms. The summed E-state index contributed by atoms with van der Waals surface area (Å²) in [6, 6.07) is 32.4. The Morgan fingerprint density at radius 2 is 1.08 bits per heavy atom. The minimum atomic E-state index is -0.329. The normalized spacial score (nSPS) is 15.8. The zero-order valence-electron chi connectivity index (χ0n) is 14.2. The van der Waals surface area contributed by atoms with E-state index in [0.29, 0.717) is 6.61 Å². The van der Waals surface area contributed by atoms with Crippen molar-refractivity contribution in [2.45, 2.75) is 5.54 Å². The Labute approximate surface area is 149 Å². The number of hydrogen-bond donors (Lipinski definition) is 0. The smallest absolute Gasteiger partial charge is 0.0976 e. The van der Waals surface area contributed by atoms with Crippen molar-refractivity contribution in [3.8, 4) is 0 Å². The maximum Gasteiger partial charge on any atom is 0.0976 e. The molecule has 25 heavy (non-hydrogen) atoms. The van der Waals surface area contributed by atoms with Crippen LogP contribution in [-0.2, 0) is 10.3 Å². The molecule has 125 valence electrons. The van der Waals surface area contributed by atoms with Crippen LogP contribution < -0.4 is 0 Å². The summed E-state index contributed by atoms with van der Waals surface area (Å²) in [6.45, 7) is 4.31. The maximum atomic E-state index is 5.54. The number of rotatable bonds is 4. The summed E-state index contributed by atoms with van der Waals surface area (Å²) in [5, 5.41) is 0. The van der Waals surface area contributed by atoms with E-state index in [2.05, 4.69) is 95.9 Å². The second kappa shape index (κ2) is 7.22. The number of nitrogens with zero attached hydrogens (tertiary/aromatic N) is 1. The zero-order valence-corrected chi connectivity index (χ0v) is 14.2. The first-order valence-electron chi connectivity index (χ1n) is 8.77. The van der Waals surface area contributed by atoms with Crippen molar-refractivity contribution in [3.63, 3.8) is 0 Å². The van der Waals surface area contributed by atoms with Gasteiger partial charge >= 0.3 is 0 Å². The van der Waals surface area contributed by atoms with Crippen molar-refractivity contribution in [1.29, 1.82) is 0 Å². The van der Waals surface area contributed by atoms with Gasteiger partial charge < -0.3 is 4.74 Å². The van der Waals surface area contributed by atoms with E-state index in [1.54, 1.807) is 0 Å². The van der Waals surface area contributed by atoms with Crippen molar-refractivity contribution < 1.29 is 4.74 Å². The van der Waals surface area contributed by atoms with E-state index >= 15 is 0 Å². The monoisotopic (exact) mass is 328 g/mol. The van der Waals surface area contributed by atoms with Gasteiger partial charge in [-0.3, -0.25) is 4.90 Å². The van der Waals surface area contributed by atoms with E-state index in [4.69, 9.17) is 4.74 Å². The third kappa shape index (κ3) is 2.88. The minimum Gasteiger partial charge on any atom is -0.373 e. The van der Waals surface area contributed by atoms with Crippen molar-refractivity contribution in [2.75, 3.05) is 19.7 Å². The Bertz CT molecular complexity index is 683. The lowest BCUT2D eigenvalue weighted by Gasteiger charge is -2.47. The van der Waals surface area contributed by atoms with Crippen LogP contribution >= 0.6 is 0 Å². The van der Waals surface area contributed by atoms with E-state index in [-0.39, 0.29) is 5.54 Å². The Kier molecular flexibility index (Phi) is 4.64. The van der Waals surface area contributed by atoms with Gasteiger partial charge in [0.2, 0.25) is 0 Å². The predicted molar refractivity (Wildman–Crippen MR) is 101 cm³/mol. The van der Waals surface area contributed by atoms with Crippen LogP contribution in [0.25, 0.3) is 0 Å². The lowest BCUT2D eigenvalue weighted by molar-refractivity contribution is 0.0409. The molecule has 0 atom stereocenters. The molecule has 1 heterocycles. The number of hydrogen-bond acceptors (Lipinski definition) is 2. The molecular formula is C23H22NO. The van der Waals surface area contributed by atoms with E-state index in [0.717, 1.165) is 13.1 Å². The third-order valence-electron chi connectivity index (χ3n) is 4.94. The fraction of sp³-hybridized carbons (Fsp3) is 0.174. The van der Waals surface area contributed by atoms with Gasteiger partial charge in [0.25, 0.3) is 0 Å². The fourth-order valence-corrected chi connectivity index (χ4v) is 3.87. The number of morpholine rings is 1. The molecule has 4 rings (SSSR count). The molecule has 1 fully saturated rings. The van der Waals surface area contributed by atoms with Crippen LogP contribution in [0.1, 0.15) is 16.7 Å². The molecule has 3 aromatic carbocycles. The molecule has 0 spiro atoms. The predicted octanol–water partition coefficient (Wildman–Crippen LogP) is 4.47. The highest BCUT2D eigenvalue weighted by molar-refractivity contribution is 5.49. The second-order valence-corrected chi connectivity index (χ2v) is 6.29. The molecule has 3 aromatic rings. The fourth-order valence-electron chi connectivity index (χ4n) is 3.87. The molecule has 2 nitrogen and oxygen atoms in total. The summed E-state index contributed by atoms with van der Waals surface area (Å²) in [4.78, 5) is 2.51. The molecule has 1 radical (unpaired) electrons. The summed E-state index contributed by atoms with van der Waals surface area (Å²) in [5.74, 6) is 0. The average molecular weight is 328 g/mol. The summed E-state index contributed by atoms with van der Waals surface area (Å²) in [6.07, 6.45) is 0. The summed E-state index contributed by atoms with van der Waals surface area (Å²) < 4.78 is 5.54. The first kappa shape index (κ1) is 16.1. The molecule has 1 aliphatic heterocycles. The van der Waals surface area contributed by atoms with Gasteiger partial charge in [-0.1, -0.05) is 91.0 Å². The molecule has 1 aliphatic rings. The Balaban J connectivity index is 2.01. The molecule has 2 heteroatoms. The molecule has 0 aliphatic carbocycles. The first-order valence-corrected chi connectivity index (χ1v) is 8.77. The van der Waals surface area contributed by atoms with E-state index in [1.165, 1.54) is 16.7 Å². The SMILES string of the molecule is [CH]1CN(C(c2ccccc2)(c2ccccc2)c2ccccc2)CCO1. The first-order chi connectivity index (χ1) is 12.4. The lowest BCUT2D eigenvalue weighted by Crippen LogP contribution is -2.51. The molecule has 1 saturated heterocycles. The lowest BCUT2D eigenvalue weighted by atomic mass is 9.75. The Morgan fingerprint density at radius 3 is 1.44 bits per heavy atom. The molecule has 0 amide bonds. The Hall–Kier alpha value is -2.42. The van der Waals surface area contributed by atoms with E-state index < -0.39 is 0 Å². The van der Waals surface area contributed by atoms with Gasteiger partial charge in [0.05, 0.1) is 18.8 Å². The van der Waals surface area contributed by atoms with Gasteiger partial charge in [-0.05, 0) is 16.7 Å². The molecule has 0 N–H and O–H groups in total. The van der Waals surface area contributed by atoms with E-state index in [9.17, 15) is 0 Å². The summed E-state index contributed by atoms with van der Waals surface area (Å²) >= 11 is 0. The highest BCUT2D eigenvalue weighted by Crippen LogP contribution is 2.42. The van der Waals surface area contributed by atoms with Crippen molar-refractivity contribution in [1.82, 2.24) is 4.90 Å². The van der Waals surface area contributed by atoms with Crippen LogP contribution in [0.2, 0.25) is 0 Å². The van der Waals surface area contributed by atoms with Gasteiger partial charge in [-0.25, -0.2) is 0 Å². The van der Waals surface area contributed by atoms with Crippen LogP contribution in [0.4, 0.5) is 0 Å². The standard InChI is InChI=1S/C23H22NO/c1-4-10-20(11-5-1)23(21-12-6-2-7-13-21,22-14-8-3-9-15-22)24-16-18-25-19-17-24/h1-15,18H,16-17,19H2. The average Bonchev–Trinajstić information content (AvgIpc) is 2.72. The van der Waals surface area contributed by atoms with Gasteiger partial charge in [-0.15, -0.1) is 0 Å². The Morgan fingerprint density at radius 1 is 0.640 bits per heavy atom. The van der Waals surface area contributed by atoms with Crippen LogP contribution in [0, 0.1) is 6.61 Å². The van der Waals surface area contributed by atoms with Crippen molar-refractivity contribution in [3.05, 3.63) is 114 Å². The van der Waals surface area contributed by atoms with Crippen molar-refractivity contribution >= 4 is 0 Å². The van der Waals surface area contributed by atoms with Crippen LogP contribution in [0.5, 0.6) is 0 Å². The number of benzene rings is 3. The third-order valence-corrected chi connectivity index (χ3v) is 4.94. The van der Waals surface area contributed by atoms with Gasteiger partial charge in [0.1, 0.15) is 0 Å². The molecule has 0 aromatic heterocycles. The van der Waals surface area contributed by atoms with Gasteiger partial charge in [0.15, 0.2) is 0 Å². The molecular weight excluding hydrogens is 306 g/mol. The molecule has 0 unspecified atom stereocenters. The quantitative estimate of drug-likeness (QED) is 0.655. The largest absolute Gasteiger partial charge is 0.373 e. The van der Waals surface area contributed by atoms with E-state index in [1.807, 2.05) is 6.61 Å². The van der Waals surface area contributed by atoms with Crippen LogP contribution in [-0.4, -0.2) is 24.6 Å². The maximum absolute atomic E-state index is 5.54.